The van der Waals surface area contributed by atoms with Gasteiger partial charge in [0.2, 0.25) is 0 Å². The summed E-state index contributed by atoms with van der Waals surface area (Å²) in [6.45, 7) is 8.25. The second-order valence-corrected chi connectivity index (χ2v) is 5.10. The summed E-state index contributed by atoms with van der Waals surface area (Å²) in [5.41, 5.74) is 1.82. The van der Waals surface area contributed by atoms with Crippen LogP contribution in [-0.2, 0) is 21.5 Å². The molecule has 0 atom stereocenters. The van der Waals surface area contributed by atoms with Gasteiger partial charge in [-0.15, -0.1) is 0 Å². The zero-order chi connectivity index (χ0) is 14.6. The Morgan fingerprint density at radius 1 is 1.25 bits per heavy atom. The molecule has 20 heavy (non-hydrogen) atoms. The molecule has 0 spiro atoms. The average Bonchev–Trinajstić information content (AvgIpc) is 2.47. The van der Waals surface area contributed by atoms with Crippen LogP contribution in [-0.4, -0.2) is 36.8 Å². The van der Waals surface area contributed by atoms with E-state index in [-0.39, 0.29) is 0 Å². The zero-order valence-corrected chi connectivity index (χ0v) is 13.0. The van der Waals surface area contributed by atoms with Gasteiger partial charge in [0, 0.05) is 51.0 Å². The van der Waals surface area contributed by atoms with Crippen LogP contribution in [0, 0.1) is 6.92 Å². The number of hydrogen-bond acceptors (Lipinski definition) is 5. The molecule has 2 heterocycles. The highest BCUT2D eigenvalue weighted by Gasteiger charge is 2.38. The Morgan fingerprint density at radius 2 is 1.95 bits per heavy atom. The van der Waals surface area contributed by atoms with Gasteiger partial charge in [0.25, 0.3) is 0 Å². The van der Waals surface area contributed by atoms with E-state index in [0.717, 1.165) is 36.6 Å². The van der Waals surface area contributed by atoms with Crippen molar-refractivity contribution in [1.82, 2.24) is 9.97 Å². The predicted octanol–water partition coefficient (Wildman–Crippen LogP) is 2.43. The summed E-state index contributed by atoms with van der Waals surface area (Å²) in [7, 11) is 1.90. The molecule has 1 fully saturated rings. The number of ether oxygens (including phenoxy) is 2. The van der Waals surface area contributed by atoms with Gasteiger partial charge in [-0.3, -0.25) is 0 Å². The van der Waals surface area contributed by atoms with E-state index in [0.29, 0.717) is 19.8 Å². The van der Waals surface area contributed by atoms with E-state index < -0.39 is 5.60 Å². The molecule has 5 heteroatoms. The van der Waals surface area contributed by atoms with Crippen LogP contribution in [0.25, 0.3) is 0 Å². The van der Waals surface area contributed by atoms with Crippen molar-refractivity contribution >= 4 is 5.82 Å². The van der Waals surface area contributed by atoms with Gasteiger partial charge in [0.15, 0.2) is 5.82 Å². The lowest BCUT2D eigenvalue weighted by Crippen LogP contribution is -2.38. The lowest BCUT2D eigenvalue weighted by molar-refractivity contribution is -0.117. The van der Waals surface area contributed by atoms with E-state index in [9.17, 15) is 0 Å². The SMILES string of the molecule is CCOC1(c2nc(C)c(CC)c(NC)n2)CCOCC1. The smallest absolute Gasteiger partial charge is 0.163 e. The van der Waals surface area contributed by atoms with Crippen LogP contribution >= 0.6 is 0 Å². The third-order valence-electron chi connectivity index (χ3n) is 3.93. The molecule has 0 aliphatic carbocycles. The molecule has 1 N–H and O–H groups in total. The summed E-state index contributed by atoms with van der Waals surface area (Å²) in [4.78, 5) is 9.47. The topological polar surface area (TPSA) is 56.3 Å². The molecule has 5 nitrogen and oxygen atoms in total. The van der Waals surface area contributed by atoms with Crippen molar-refractivity contribution in [2.75, 3.05) is 32.2 Å². The normalized spacial score (nSPS) is 18.0. The Balaban J connectivity index is 2.45. The lowest BCUT2D eigenvalue weighted by atomic mass is 9.92. The Labute approximate surface area is 121 Å². The Kier molecular flexibility index (Phi) is 4.94. The summed E-state index contributed by atoms with van der Waals surface area (Å²) in [6, 6.07) is 0. The van der Waals surface area contributed by atoms with E-state index in [1.807, 2.05) is 20.9 Å². The monoisotopic (exact) mass is 279 g/mol. The molecule has 112 valence electrons. The number of hydrogen-bond donors (Lipinski definition) is 1. The minimum atomic E-state index is -0.393. The Morgan fingerprint density at radius 3 is 2.50 bits per heavy atom. The number of rotatable bonds is 5. The van der Waals surface area contributed by atoms with Crippen molar-refractivity contribution in [3.05, 3.63) is 17.1 Å². The van der Waals surface area contributed by atoms with Gasteiger partial charge in [-0.2, -0.15) is 0 Å². The molecule has 0 radical (unpaired) electrons. The van der Waals surface area contributed by atoms with Crippen molar-refractivity contribution in [2.45, 2.75) is 45.6 Å². The second-order valence-electron chi connectivity index (χ2n) is 5.10. The van der Waals surface area contributed by atoms with Gasteiger partial charge in [0.1, 0.15) is 11.4 Å². The quantitative estimate of drug-likeness (QED) is 0.897. The number of anilines is 1. The van der Waals surface area contributed by atoms with Crippen LogP contribution in [0.15, 0.2) is 0 Å². The van der Waals surface area contributed by atoms with Crippen molar-refractivity contribution in [3.8, 4) is 0 Å². The number of aromatic nitrogens is 2. The maximum Gasteiger partial charge on any atom is 0.163 e. The van der Waals surface area contributed by atoms with Crippen LogP contribution in [0.4, 0.5) is 5.82 Å². The fourth-order valence-electron chi connectivity index (χ4n) is 2.84. The highest BCUT2D eigenvalue weighted by atomic mass is 16.5. The third kappa shape index (κ3) is 2.79. The second kappa shape index (κ2) is 6.50. The summed E-state index contributed by atoms with van der Waals surface area (Å²) >= 11 is 0. The van der Waals surface area contributed by atoms with E-state index in [1.165, 1.54) is 5.56 Å². The fraction of sp³-hybridized carbons (Fsp3) is 0.733. The molecular formula is C15H25N3O2. The van der Waals surface area contributed by atoms with E-state index in [4.69, 9.17) is 19.4 Å². The highest BCUT2D eigenvalue weighted by molar-refractivity contribution is 5.46. The largest absolute Gasteiger partial charge is 0.381 e. The number of nitrogens with one attached hydrogen (secondary N) is 1. The summed E-state index contributed by atoms with van der Waals surface area (Å²) in [6.07, 6.45) is 2.55. The van der Waals surface area contributed by atoms with Gasteiger partial charge in [-0.05, 0) is 20.3 Å². The minimum Gasteiger partial charge on any atom is -0.381 e. The Hall–Kier alpha value is -1.20. The number of nitrogens with zero attached hydrogens (tertiary/aromatic N) is 2. The van der Waals surface area contributed by atoms with Gasteiger partial charge in [0.05, 0.1) is 0 Å². The molecule has 1 aromatic rings. The molecular weight excluding hydrogens is 254 g/mol. The fourth-order valence-corrected chi connectivity index (χ4v) is 2.84. The predicted molar refractivity (Wildman–Crippen MR) is 79.1 cm³/mol. The lowest BCUT2D eigenvalue weighted by Gasteiger charge is -2.36. The van der Waals surface area contributed by atoms with Gasteiger partial charge in [-0.25, -0.2) is 9.97 Å². The van der Waals surface area contributed by atoms with Crippen LogP contribution < -0.4 is 5.32 Å². The van der Waals surface area contributed by atoms with E-state index in [2.05, 4.69) is 12.2 Å². The first-order chi connectivity index (χ1) is 9.66. The minimum absolute atomic E-state index is 0.393. The molecule has 2 rings (SSSR count). The van der Waals surface area contributed by atoms with E-state index in [1.54, 1.807) is 0 Å². The summed E-state index contributed by atoms with van der Waals surface area (Å²) in [5, 5.41) is 3.19. The van der Waals surface area contributed by atoms with Gasteiger partial charge >= 0.3 is 0 Å². The summed E-state index contributed by atoms with van der Waals surface area (Å²) in [5.74, 6) is 1.71. The maximum absolute atomic E-state index is 6.05. The first-order valence-electron chi connectivity index (χ1n) is 7.44. The summed E-state index contributed by atoms with van der Waals surface area (Å²) < 4.78 is 11.5. The van der Waals surface area contributed by atoms with Crippen LogP contribution in [0.2, 0.25) is 0 Å². The molecule has 1 aliphatic heterocycles. The standard InChI is InChI=1S/C15H25N3O2/c1-5-12-11(3)17-14(18-13(12)16-4)15(20-6-2)7-9-19-10-8-15/h5-10H2,1-4H3,(H,16,17,18). The van der Waals surface area contributed by atoms with Crippen molar-refractivity contribution in [2.24, 2.45) is 0 Å². The molecule has 1 aromatic heterocycles. The van der Waals surface area contributed by atoms with Crippen LogP contribution in [0.1, 0.15) is 43.8 Å². The molecule has 0 saturated carbocycles. The first-order valence-corrected chi connectivity index (χ1v) is 7.44. The van der Waals surface area contributed by atoms with Crippen molar-refractivity contribution < 1.29 is 9.47 Å². The average molecular weight is 279 g/mol. The zero-order valence-electron chi connectivity index (χ0n) is 13.0. The Bertz CT molecular complexity index is 451. The first kappa shape index (κ1) is 15.2. The third-order valence-corrected chi connectivity index (χ3v) is 3.93. The number of aryl methyl sites for hydroxylation is 1. The van der Waals surface area contributed by atoms with Gasteiger partial charge in [-0.1, -0.05) is 6.92 Å². The van der Waals surface area contributed by atoms with Gasteiger partial charge < -0.3 is 14.8 Å². The van der Waals surface area contributed by atoms with E-state index >= 15 is 0 Å². The van der Waals surface area contributed by atoms with Crippen LogP contribution in [0.3, 0.4) is 0 Å². The molecule has 0 bridgehead atoms. The maximum atomic E-state index is 6.05. The molecule has 0 unspecified atom stereocenters. The van der Waals surface area contributed by atoms with Crippen molar-refractivity contribution in [1.29, 1.82) is 0 Å². The molecule has 1 aliphatic rings. The molecule has 0 amide bonds. The van der Waals surface area contributed by atoms with Crippen LogP contribution in [0.5, 0.6) is 0 Å². The molecule has 1 saturated heterocycles. The molecule has 0 aromatic carbocycles. The highest BCUT2D eigenvalue weighted by Crippen LogP contribution is 2.35. The van der Waals surface area contributed by atoms with Crippen molar-refractivity contribution in [3.63, 3.8) is 0 Å².